The summed E-state index contributed by atoms with van der Waals surface area (Å²) in [6.45, 7) is 5.66. The molecule has 4 rings (SSSR count). The van der Waals surface area contributed by atoms with Crippen LogP contribution < -0.4 is 4.90 Å². The van der Waals surface area contributed by atoms with Crippen molar-refractivity contribution in [1.82, 2.24) is 19.5 Å². The van der Waals surface area contributed by atoms with Gasteiger partial charge in [-0.05, 0) is 25.1 Å². The number of nitrogens with zero attached hydrogens (tertiary/aromatic N) is 5. The quantitative estimate of drug-likeness (QED) is 0.513. The molecule has 7 nitrogen and oxygen atoms in total. The highest BCUT2D eigenvalue weighted by Crippen LogP contribution is 2.24. The molecule has 1 unspecified atom stereocenters. The molecule has 3 heterocycles. The number of thioether (sulfide) groups is 1. The molecule has 0 radical (unpaired) electrons. The maximum absolute atomic E-state index is 14.0. The van der Waals surface area contributed by atoms with Crippen molar-refractivity contribution < 1.29 is 19.4 Å². The van der Waals surface area contributed by atoms with Gasteiger partial charge >= 0.3 is 0 Å². The van der Waals surface area contributed by atoms with Crippen LogP contribution in [0, 0.1) is 11.6 Å². The Labute approximate surface area is 201 Å². The van der Waals surface area contributed by atoms with Crippen LogP contribution in [-0.4, -0.2) is 68.6 Å². The third kappa shape index (κ3) is 6.21. The standard InChI is InChI=1S/C20H23F2N5OS.2ClH.H2O/c1-14(28)16-3-2-6-27-19(16)23-24-20(27)29-12-11-25-7-9-26(10-8-25)18-5-4-15(21)13-17(18)22;;;/h2-6,13-14,28H,7-12H2,1H3;2*1H;1H2. The smallest absolute Gasteiger partial charge is 0.195 e. The van der Waals surface area contributed by atoms with Gasteiger partial charge in [0.15, 0.2) is 10.8 Å². The summed E-state index contributed by atoms with van der Waals surface area (Å²) in [6, 6.07) is 7.48. The fraction of sp³-hybridized carbons (Fsp3) is 0.400. The van der Waals surface area contributed by atoms with Crippen molar-refractivity contribution in [3.8, 4) is 0 Å². The van der Waals surface area contributed by atoms with Gasteiger partial charge in [0.05, 0.1) is 11.8 Å². The third-order valence-electron chi connectivity index (χ3n) is 5.15. The second-order valence-electron chi connectivity index (χ2n) is 7.09. The van der Waals surface area contributed by atoms with E-state index in [1.807, 2.05) is 27.6 Å². The van der Waals surface area contributed by atoms with Crippen LogP contribution in [0.4, 0.5) is 14.5 Å². The molecule has 0 spiro atoms. The molecule has 32 heavy (non-hydrogen) atoms. The number of fused-ring (bicyclic) bond motifs is 1. The van der Waals surface area contributed by atoms with Gasteiger partial charge in [-0.25, -0.2) is 8.78 Å². The zero-order valence-corrected chi connectivity index (χ0v) is 19.9. The van der Waals surface area contributed by atoms with E-state index in [4.69, 9.17) is 0 Å². The van der Waals surface area contributed by atoms with Crippen molar-refractivity contribution in [3.63, 3.8) is 0 Å². The minimum Gasteiger partial charge on any atom is -0.412 e. The van der Waals surface area contributed by atoms with Crippen molar-refractivity contribution in [1.29, 1.82) is 0 Å². The van der Waals surface area contributed by atoms with Gasteiger partial charge < -0.3 is 15.5 Å². The molecule has 3 aromatic rings. The van der Waals surface area contributed by atoms with Crippen LogP contribution in [0.5, 0.6) is 0 Å². The summed E-state index contributed by atoms with van der Waals surface area (Å²) in [6.07, 6.45) is 1.31. The molecule has 1 atom stereocenters. The van der Waals surface area contributed by atoms with Crippen molar-refractivity contribution in [2.45, 2.75) is 18.2 Å². The minimum absolute atomic E-state index is 0. The maximum atomic E-state index is 14.0. The number of halogens is 4. The SMILES string of the molecule is CC(O)c1cccn2c(SCCN3CCN(c4ccc(F)cc4F)CC3)nnc12.Cl.Cl.O. The summed E-state index contributed by atoms with van der Waals surface area (Å²) < 4.78 is 29.0. The second-order valence-corrected chi connectivity index (χ2v) is 8.15. The lowest BCUT2D eigenvalue weighted by atomic mass is 10.2. The molecule has 1 aromatic carbocycles. The molecular weight excluding hydrogens is 483 g/mol. The molecule has 0 aliphatic carbocycles. The van der Waals surface area contributed by atoms with Crippen molar-refractivity contribution in [2.24, 2.45) is 0 Å². The lowest BCUT2D eigenvalue weighted by molar-refractivity contribution is 0.200. The summed E-state index contributed by atoms with van der Waals surface area (Å²) in [5.41, 5.74) is 1.90. The molecule has 1 saturated heterocycles. The Bertz CT molecular complexity index is 1000. The minimum atomic E-state index is -0.594. The molecule has 1 aliphatic heterocycles. The van der Waals surface area contributed by atoms with E-state index in [1.165, 1.54) is 12.1 Å². The van der Waals surface area contributed by atoms with Gasteiger partial charge in [-0.2, -0.15) is 0 Å². The zero-order chi connectivity index (χ0) is 20.4. The van der Waals surface area contributed by atoms with Gasteiger partial charge in [0.25, 0.3) is 0 Å². The molecular formula is C20H27Cl2F2N5O2S. The second kappa shape index (κ2) is 12.5. The molecule has 1 fully saturated rings. The molecule has 178 valence electrons. The van der Waals surface area contributed by atoms with Crippen LogP contribution in [0.25, 0.3) is 5.65 Å². The van der Waals surface area contributed by atoms with Gasteiger partial charge in [0, 0.05) is 56.3 Å². The molecule has 0 bridgehead atoms. The fourth-order valence-corrected chi connectivity index (χ4v) is 4.47. The lowest BCUT2D eigenvalue weighted by Crippen LogP contribution is -2.47. The molecule has 1 aliphatic rings. The molecule has 3 N–H and O–H groups in total. The highest BCUT2D eigenvalue weighted by molar-refractivity contribution is 7.99. The van der Waals surface area contributed by atoms with Crippen LogP contribution in [0.2, 0.25) is 0 Å². The van der Waals surface area contributed by atoms with E-state index in [2.05, 4.69) is 15.1 Å². The fourth-order valence-electron chi connectivity index (χ4n) is 3.56. The first-order chi connectivity index (χ1) is 14.0. The Morgan fingerprint density at radius 2 is 1.81 bits per heavy atom. The first-order valence-electron chi connectivity index (χ1n) is 9.60. The average Bonchev–Trinajstić information content (AvgIpc) is 3.12. The Hall–Kier alpha value is -1.69. The van der Waals surface area contributed by atoms with Gasteiger partial charge in [-0.1, -0.05) is 17.8 Å². The van der Waals surface area contributed by atoms with Crippen molar-refractivity contribution in [2.75, 3.05) is 43.4 Å². The number of rotatable bonds is 6. The predicted molar refractivity (Wildman–Crippen MR) is 127 cm³/mol. The number of anilines is 1. The summed E-state index contributed by atoms with van der Waals surface area (Å²) in [4.78, 5) is 4.29. The van der Waals surface area contributed by atoms with Crippen LogP contribution in [0.15, 0.2) is 41.7 Å². The van der Waals surface area contributed by atoms with Gasteiger partial charge in [-0.3, -0.25) is 9.30 Å². The van der Waals surface area contributed by atoms with E-state index < -0.39 is 17.7 Å². The Morgan fingerprint density at radius 1 is 1.09 bits per heavy atom. The number of aliphatic hydroxyl groups excluding tert-OH is 1. The summed E-state index contributed by atoms with van der Waals surface area (Å²) >= 11 is 1.62. The molecule has 0 saturated carbocycles. The van der Waals surface area contributed by atoms with E-state index >= 15 is 0 Å². The molecule has 12 heteroatoms. The van der Waals surface area contributed by atoms with Crippen LogP contribution in [-0.2, 0) is 0 Å². The largest absolute Gasteiger partial charge is 0.412 e. The van der Waals surface area contributed by atoms with E-state index in [0.717, 1.165) is 42.2 Å². The van der Waals surface area contributed by atoms with Crippen molar-refractivity contribution >= 4 is 47.9 Å². The van der Waals surface area contributed by atoms with Crippen LogP contribution >= 0.6 is 36.6 Å². The van der Waals surface area contributed by atoms with Gasteiger partial charge in [0.2, 0.25) is 0 Å². The highest BCUT2D eigenvalue weighted by atomic mass is 35.5. The van der Waals surface area contributed by atoms with Crippen molar-refractivity contribution in [3.05, 3.63) is 53.7 Å². The first-order valence-corrected chi connectivity index (χ1v) is 10.6. The van der Waals surface area contributed by atoms with Gasteiger partial charge in [-0.15, -0.1) is 35.0 Å². The predicted octanol–water partition coefficient (Wildman–Crippen LogP) is 2.99. The number of aliphatic hydroxyl groups is 1. The Balaban J connectivity index is 0.00000171. The number of aromatic nitrogens is 3. The zero-order valence-electron chi connectivity index (χ0n) is 17.4. The summed E-state index contributed by atoms with van der Waals surface area (Å²) in [5.74, 6) is -0.210. The van der Waals surface area contributed by atoms with E-state index in [1.54, 1.807) is 18.7 Å². The summed E-state index contributed by atoms with van der Waals surface area (Å²) in [7, 11) is 0. The van der Waals surface area contributed by atoms with E-state index in [-0.39, 0.29) is 30.3 Å². The monoisotopic (exact) mass is 509 g/mol. The molecule has 2 aromatic heterocycles. The number of pyridine rings is 1. The Kier molecular flexibility index (Phi) is 11.1. The number of piperazine rings is 1. The lowest BCUT2D eigenvalue weighted by Gasteiger charge is -2.36. The number of hydrogen-bond donors (Lipinski definition) is 1. The highest BCUT2D eigenvalue weighted by Gasteiger charge is 2.20. The topological polar surface area (TPSA) is 88.4 Å². The number of benzene rings is 1. The third-order valence-corrected chi connectivity index (χ3v) is 6.07. The van der Waals surface area contributed by atoms with E-state index in [9.17, 15) is 13.9 Å². The number of hydrogen-bond acceptors (Lipinski definition) is 6. The van der Waals surface area contributed by atoms with E-state index in [0.29, 0.717) is 24.4 Å². The Morgan fingerprint density at radius 3 is 2.47 bits per heavy atom. The van der Waals surface area contributed by atoms with Gasteiger partial charge in [0.1, 0.15) is 11.6 Å². The average molecular weight is 510 g/mol. The summed E-state index contributed by atoms with van der Waals surface area (Å²) in [5, 5.41) is 19.1. The molecule has 0 amide bonds. The normalized spacial score (nSPS) is 14.9. The maximum Gasteiger partial charge on any atom is 0.195 e. The van der Waals surface area contributed by atoms with Crippen LogP contribution in [0.3, 0.4) is 0 Å². The first kappa shape index (κ1) is 28.3. The van der Waals surface area contributed by atoms with Crippen LogP contribution in [0.1, 0.15) is 18.6 Å².